The van der Waals surface area contributed by atoms with Crippen LogP contribution in [0.5, 0.6) is 0 Å². The summed E-state index contributed by atoms with van der Waals surface area (Å²) in [5, 5.41) is 0. The van der Waals surface area contributed by atoms with E-state index in [2.05, 4.69) is 16.2 Å². The van der Waals surface area contributed by atoms with Crippen molar-refractivity contribution >= 4 is 23.6 Å². The number of carbonyl (C=O) groups excluding carboxylic acids is 2. The molecule has 0 rings (SSSR count). The smallest absolute Gasteiger partial charge is 0.341 e. The van der Waals surface area contributed by atoms with Gasteiger partial charge in [0.05, 0.1) is 0 Å². The quantitative estimate of drug-likeness (QED) is 0.565. The molecule has 0 aromatic heterocycles. The highest BCUT2D eigenvalue weighted by atomic mass is 35.5. The standard InChI is InChI=1S/C5H7ClO3/c1-2-3-4(7)5(8)9-6/h2-3H2,1H3. The molecule has 0 N–H and O–H groups in total. The molecule has 0 saturated heterocycles. The van der Waals surface area contributed by atoms with Crippen LogP contribution in [-0.2, 0) is 13.9 Å². The Kier molecular flexibility index (Phi) is 4.05. The second-order valence-electron chi connectivity index (χ2n) is 1.54. The van der Waals surface area contributed by atoms with Gasteiger partial charge >= 0.3 is 5.97 Å². The van der Waals surface area contributed by atoms with Crippen LogP contribution in [-0.4, -0.2) is 11.8 Å². The molecule has 0 saturated carbocycles. The number of hydrogen-bond acceptors (Lipinski definition) is 3. The maximum Gasteiger partial charge on any atom is 0.392 e. The third-order valence-corrected chi connectivity index (χ3v) is 0.915. The van der Waals surface area contributed by atoms with Gasteiger partial charge in [0.2, 0.25) is 5.78 Å². The molecule has 0 aliphatic rings. The fraction of sp³-hybridized carbons (Fsp3) is 0.600. The molecule has 0 fully saturated rings. The van der Waals surface area contributed by atoms with Crippen molar-refractivity contribution in [1.29, 1.82) is 0 Å². The second-order valence-corrected chi connectivity index (χ2v) is 1.69. The predicted octanol–water partition coefficient (Wildman–Crippen LogP) is 1.05. The molecule has 9 heavy (non-hydrogen) atoms. The first kappa shape index (κ1) is 8.43. The topological polar surface area (TPSA) is 43.4 Å². The number of rotatable bonds is 3. The Bertz CT molecular complexity index is 121. The zero-order valence-electron chi connectivity index (χ0n) is 5.02. The molecule has 0 radical (unpaired) electrons. The Balaban J connectivity index is 3.60. The normalized spacial score (nSPS) is 8.67. The van der Waals surface area contributed by atoms with E-state index in [-0.39, 0.29) is 6.42 Å². The van der Waals surface area contributed by atoms with Crippen molar-refractivity contribution in [3.8, 4) is 0 Å². The van der Waals surface area contributed by atoms with Gasteiger partial charge in [0.25, 0.3) is 0 Å². The van der Waals surface area contributed by atoms with Crippen LogP contribution < -0.4 is 0 Å². The zero-order chi connectivity index (χ0) is 7.28. The van der Waals surface area contributed by atoms with Crippen molar-refractivity contribution in [2.45, 2.75) is 19.8 Å². The average Bonchev–Trinajstić information content (AvgIpc) is 1.87. The van der Waals surface area contributed by atoms with Gasteiger partial charge in [-0.2, -0.15) is 0 Å². The van der Waals surface area contributed by atoms with E-state index in [1.807, 2.05) is 0 Å². The Morgan fingerprint density at radius 1 is 1.56 bits per heavy atom. The fourth-order valence-electron chi connectivity index (χ4n) is 0.372. The predicted molar refractivity (Wildman–Crippen MR) is 31.9 cm³/mol. The van der Waals surface area contributed by atoms with Crippen molar-refractivity contribution in [2.24, 2.45) is 0 Å². The van der Waals surface area contributed by atoms with Gasteiger partial charge in [0.15, 0.2) is 0 Å². The lowest BCUT2D eigenvalue weighted by molar-refractivity contribution is -0.146. The van der Waals surface area contributed by atoms with Gasteiger partial charge in [0, 0.05) is 6.42 Å². The molecular weight excluding hydrogens is 144 g/mol. The first-order valence-corrected chi connectivity index (χ1v) is 2.89. The third-order valence-electron chi connectivity index (χ3n) is 0.775. The summed E-state index contributed by atoms with van der Waals surface area (Å²) in [4.78, 5) is 20.6. The van der Waals surface area contributed by atoms with Gasteiger partial charge < -0.3 is 4.29 Å². The highest BCUT2D eigenvalue weighted by Crippen LogP contribution is 1.92. The molecule has 0 amide bonds. The number of Topliss-reactive ketones (excluding diaryl/α,β-unsaturated/α-hetero) is 1. The number of hydrogen-bond donors (Lipinski definition) is 0. The second kappa shape index (κ2) is 4.32. The summed E-state index contributed by atoms with van der Waals surface area (Å²) < 4.78 is 3.65. The van der Waals surface area contributed by atoms with E-state index in [1.165, 1.54) is 0 Å². The molecule has 0 spiro atoms. The van der Waals surface area contributed by atoms with E-state index in [0.717, 1.165) is 0 Å². The molecule has 0 aromatic rings. The first-order chi connectivity index (χ1) is 4.22. The minimum atomic E-state index is -0.974. The summed E-state index contributed by atoms with van der Waals surface area (Å²) in [5.74, 6) is -1.55. The van der Waals surface area contributed by atoms with Gasteiger partial charge in [-0.25, -0.2) is 4.79 Å². The molecule has 0 unspecified atom stereocenters. The van der Waals surface area contributed by atoms with E-state index < -0.39 is 11.8 Å². The molecule has 0 aliphatic carbocycles. The lowest BCUT2D eigenvalue weighted by atomic mass is 10.2. The van der Waals surface area contributed by atoms with E-state index in [0.29, 0.717) is 6.42 Å². The van der Waals surface area contributed by atoms with Gasteiger partial charge in [0.1, 0.15) is 11.9 Å². The minimum Gasteiger partial charge on any atom is -0.341 e. The van der Waals surface area contributed by atoms with E-state index in [1.54, 1.807) is 6.92 Å². The summed E-state index contributed by atoms with van der Waals surface area (Å²) >= 11 is 4.61. The van der Waals surface area contributed by atoms with Gasteiger partial charge in [-0.1, -0.05) is 6.92 Å². The molecule has 4 heteroatoms. The minimum absolute atomic E-state index is 0.200. The third kappa shape index (κ3) is 3.08. The lowest BCUT2D eigenvalue weighted by Crippen LogP contribution is -2.12. The van der Waals surface area contributed by atoms with Crippen molar-refractivity contribution in [2.75, 3.05) is 0 Å². The lowest BCUT2D eigenvalue weighted by Gasteiger charge is -1.90. The SMILES string of the molecule is CCCC(=O)C(=O)OCl. The molecule has 52 valence electrons. The van der Waals surface area contributed by atoms with E-state index >= 15 is 0 Å². The Morgan fingerprint density at radius 2 is 2.11 bits per heavy atom. The summed E-state index contributed by atoms with van der Waals surface area (Å²) in [6, 6.07) is 0. The van der Waals surface area contributed by atoms with Gasteiger partial charge in [-0.3, -0.25) is 4.79 Å². The van der Waals surface area contributed by atoms with Crippen LogP contribution in [0.4, 0.5) is 0 Å². The van der Waals surface area contributed by atoms with Crippen LogP contribution in [0.25, 0.3) is 0 Å². The number of carbonyl (C=O) groups is 2. The largest absolute Gasteiger partial charge is 0.392 e. The highest BCUT2D eigenvalue weighted by molar-refractivity contribution is 6.38. The van der Waals surface area contributed by atoms with Crippen LogP contribution in [0.15, 0.2) is 0 Å². The Morgan fingerprint density at radius 3 is 2.44 bits per heavy atom. The first-order valence-electron chi connectivity index (χ1n) is 2.58. The maximum atomic E-state index is 10.4. The van der Waals surface area contributed by atoms with Gasteiger partial charge in [-0.05, 0) is 6.42 Å². The average molecular weight is 151 g/mol. The summed E-state index contributed by atoms with van der Waals surface area (Å²) in [5.41, 5.74) is 0. The van der Waals surface area contributed by atoms with Crippen molar-refractivity contribution < 1.29 is 13.9 Å². The fourth-order valence-corrected chi connectivity index (χ4v) is 0.458. The molecule has 0 atom stereocenters. The molecule has 0 aromatic carbocycles. The molecule has 0 bridgehead atoms. The van der Waals surface area contributed by atoms with Crippen LogP contribution >= 0.6 is 11.9 Å². The van der Waals surface area contributed by atoms with Crippen molar-refractivity contribution in [3.63, 3.8) is 0 Å². The Hall–Kier alpha value is -0.570. The van der Waals surface area contributed by atoms with Crippen molar-refractivity contribution in [3.05, 3.63) is 0 Å². The van der Waals surface area contributed by atoms with Gasteiger partial charge in [-0.15, -0.1) is 0 Å². The molecule has 3 nitrogen and oxygen atoms in total. The summed E-state index contributed by atoms with van der Waals surface area (Å²) in [6.07, 6.45) is 0.830. The molecular formula is C5H7ClO3. The monoisotopic (exact) mass is 150 g/mol. The number of halogens is 1. The van der Waals surface area contributed by atoms with Crippen LogP contribution in [0.2, 0.25) is 0 Å². The van der Waals surface area contributed by atoms with E-state index in [9.17, 15) is 9.59 Å². The van der Waals surface area contributed by atoms with E-state index in [4.69, 9.17) is 0 Å². The summed E-state index contributed by atoms with van der Waals surface area (Å²) in [6.45, 7) is 1.79. The maximum absolute atomic E-state index is 10.4. The molecule has 0 heterocycles. The highest BCUT2D eigenvalue weighted by Gasteiger charge is 2.12. The van der Waals surface area contributed by atoms with Crippen LogP contribution in [0.3, 0.4) is 0 Å². The Labute approximate surface area is 58.1 Å². The van der Waals surface area contributed by atoms with Crippen LogP contribution in [0.1, 0.15) is 19.8 Å². The van der Waals surface area contributed by atoms with Crippen molar-refractivity contribution in [1.82, 2.24) is 0 Å². The summed E-state index contributed by atoms with van der Waals surface area (Å²) in [7, 11) is 0. The van der Waals surface area contributed by atoms with Crippen LogP contribution in [0, 0.1) is 0 Å². The molecule has 0 aliphatic heterocycles. The zero-order valence-corrected chi connectivity index (χ0v) is 5.77. The number of ketones is 1.